The van der Waals surface area contributed by atoms with E-state index in [4.69, 9.17) is 4.74 Å². The van der Waals surface area contributed by atoms with Crippen LogP contribution in [0.5, 0.6) is 0 Å². The minimum atomic E-state index is -0.710. The maximum Gasteiger partial charge on any atom is 0.410 e. The number of hydrogen-bond donors (Lipinski definition) is 2. The number of anilines is 2. The lowest BCUT2D eigenvalue weighted by Crippen LogP contribution is -2.53. The first kappa shape index (κ1) is 28.1. The summed E-state index contributed by atoms with van der Waals surface area (Å²) in [6.07, 6.45) is 1.98. The standard InChI is InChI=1S/C27H39F2N5O4/c1-17(18-7-9-34(10-8-18)26(37)38-27(2,3)4)32-11-13-33(14-12-32)24-20(28)15-19(16-21(24)29)30-22-5-6-23(35)31-25(22)36/h15-18,22,30H,5-14H2,1-4H3,(H,31,35,36)/t17-,22?/m1/s1. The lowest BCUT2D eigenvalue weighted by atomic mass is 9.89. The van der Waals surface area contributed by atoms with Crippen molar-refractivity contribution < 1.29 is 27.9 Å². The van der Waals surface area contributed by atoms with Gasteiger partial charge < -0.3 is 19.9 Å². The molecule has 3 heterocycles. The third-order valence-electron chi connectivity index (χ3n) is 7.68. The number of ether oxygens (including phenoxy) is 1. The summed E-state index contributed by atoms with van der Waals surface area (Å²) in [5.74, 6) is -1.77. The number of carbonyl (C=O) groups excluding carboxylic acids is 3. The Morgan fingerprint density at radius 3 is 2.18 bits per heavy atom. The number of piperazine rings is 1. The molecule has 0 aromatic heterocycles. The predicted octanol–water partition coefficient (Wildman–Crippen LogP) is 3.34. The Hall–Kier alpha value is -2.95. The van der Waals surface area contributed by atoms with Crippen molar-refractivity contribution in [3.05, 3.63) is 23.8 Å². The lowest BCUT2D eigenvalue weighted by molar-refractivity contribution is -0.133. The molecule has 0 saturated carbocycles. The minimum Gasteiger partial charge on any atom is -0.444 e. The van der Waals surface area contributed by atoms with E-state index in [9.17, 15) is 14.4 Å². The molecular weight excluding hydrogens is 496 g/mol. The summed E-state index contributed by atoms with van der Waals surface area (Å²) in [7, 11) is 0. The summed E-state index contributed by atoms with van der Waals surface area (Å²) >= 11 is 0. The highest BCUT2D eigenvalue weighted by Crippen LogP contribution is 2.31. The molecule has 0 bridgehead atoms. The molecule has 0 aliphatic carbocycles. The number of nitrogens with one attached hydrogen (secondary N) is 2. The molecule has 3 amide bonds. The van der Waals surface area contributed by atoms with Crippen LogP contribution in [0.3, 0.4) is 0 Å². The Bertz CT molecular complexity index is 1020. The third kappa shape index (κ3) is 6.73. The average molecular weight is 536 g/mol. The van der Waals surface area contributed by atoms with Crippen LogP contribution >= 0.6 is 0 Å². The molecule has 3 aliphatic rings. The van der Waals surface area contributed by atoms with Gasteiger partial charge in [0.2, 0.25) is 11.8 Å². The van der Waals surface area contributed by atoms with Gasteiger partial charge in [-0.25, -0.2) is 13.6 Å². The number of carbonyl (C=O) groups is 3. The molecule has 3 fully saturated rings. The Morgan fingerprint density at radius 1 is 1.03 bits per heavy atom. The molecule has 1 aromatic carbocycles. The molecule has 1 unspecified atom stereocenters. The van der Waals surface area contributed by atoms with Crippen molar-refractivity contribution in [3.63, 3.8) is 0 Å². The van der Waals surface area contributed by atoms with E-state index in [-0.39, 0.29) is 36.2 Å². The van der Waals surface area contributed by atoms with Gasteiger partial charge in [0.25, 0.3) is 0 Å². The van der Waals surface area contributed by atoms with Gasteiger partial charge in [0.1, 0.15) is 17.3 Å². The Balaban J connectivity index is 1.29. The first-order chi connectivity index (χ1) is 17.9. The van der Waals surface area contributed by atoms with Gasteiger partial charge in [0, 0.05) is 57.4 Å². The fraction of sp³-hybridized carbons (Fsp3) is 0.667. The van der Waals surface area contributed by atoms with E-state index in [2.05, 4.69) is 22.5 Å². The first-order valence-corrected chi connectivity index (χ1v) is 13.5. The van der Waals surface area contributed by atoms with Crippen LogP contribution in [-0.4, -0.2) is 84.7 Å². The van der Waals surface area contributed by atoms with Gasteiger partial charge in [0.15, 0.2) is 11.6 Å². The molecule has 2 N–H and O–H groups in total. The Labute approximate surface area is 222 Å². The largest absolute Gasteiger partial charge is 0.444 e. The van der Waals surface area contributed by atoms with Crippen LogP contribution in [0, 0.1) is 17.6 Å². The number of hydrogen-bond acceptors (Lipinski definition) is 7. The van der Waals surface area contributed by atoms with Gasteiger partial charge in [-0.15, -0.1) is 0 Å². The van der Waals surface area contributed by atoms with Crippen molar-refractivity contribution in [2.75, 3.05) is 49.5 Å². The summed E-state index contributed by atoms with van der Waals surface area (Å²) < 4.78 is 35.5. The summed E-state index contributed by atoms with van der Waals surface area (Å²) in [4.78, 5) is 41.5. The highest BCUT2D eigenvalue weighted by molar-refractivity contribution is 6.01. The van der Waals surface area contributed by atoms with E-state index in [0.29, 0.717) is 51.2 Å². The van der Waals surface area contributed by atoms with Gasteiger partial charge in [-0.1, -0.05) is 0 Å². The van der Waals surface area contributed by atoms with Crippen molar-refractivity contribution in [2.45, 2.75) is 71.1 Å². The summed E-state index contributed by atoms with van der Waals surface area (Å²) in [6, 6.07) is 2.00. The molecule has 3 saturated heterocycles. The normalized spacial score (nSPS) is 22.7. The van der Waals surface area contributed by atoms with E-state index < -0.39 is 29.2 Å². The van der Waals surface area contributed by atoms with Crippen molar-refractivity contribution in [3.8, 4) is 0 Å². The number of benzene rings is 1. The maximum absolute atomic E-state index is 15.0. The number of halogens is 2. The number of piperidine rings is 2. The minimum absolute atomic E-state index is 0.0585. The van der Waals surface area contributed by atoms with Gasteiger partial charge in [-0.05, 0) is 65.0 Å². The smallest absolute Gasteiger partial charge is 0.410 e. The average Bonchev–Trinajstić information content (AvgIpc) is 2.84. The summed E-state index contributed by atoms with van der Waals surface area (Å²) in [5.41, 5.74) is -0.399. The lowest BCUT2D eigenvalue weighted by Gasteiger charge is -2.44. The van der Waals surface area contributed by atoms with Crippen LogP contribution in [0.2, 0.25) is 0 Å². The highest BCUT2D eigenvalue weighted by atomic mass is 19.1. The monoisotopic (exact) mass is 535 g/mol. The second kappa shape index (κ2) is 11.4. The maximum atomic E-state index is 15.0. The van der Waals surface area contributed by atoms with Crippen molar-refractivity contribution in [2.24, 2.45) is 5.92 Å². The molecule has 4 rings (SSSR count). The number of imide groups is 1. The van der Waals surface area contributed by atoms with E-state index in [1.807, 2.05) is 20.8 Å². The van der Waals surface area contributed by atoms with Crippen LogP contribution in [-0.2, 0) is 14.3 Å². The van der Waals surface area contributed by atoms with E-state index in [0.717, 1.165) is 12.8 Å². The topological polar surface area (TPSA) is 94.2 Å². The summed E-state index contributed by atoms with van der Waals surface area (Å²) in [6.45, 7) is 11.5. The fourth-order valence-electron chi connectivity index (χ4n) is 5.53. The van der Waals surface area contributed by atoms with Crippen molar-refractivity contribution >= 4 is 29.3 Å². The van der Waals surface area contributed by atoms with Crippen LogP contribution in [0.15, 0.2) is 12.1 Å². The molecular formula is C27H39F2N5O4. The second-order valence-electron chi connectivity index (χ2n) is 11.5. The van der Waals surface area contributed by atoms with E-state index >= 15 is 8.78 Å². The first-order valence-electron chi connectivity index (χ1n) is 13.5. The zero-order valence-electron chi connectivity index (χ0n) is 22.7. The number of rotatable bonds is 5. The molecule has 3 aliphatic heterocycles. The summed E-state index contributed by atoms with van der Waals surface area (Å²) in [5, 5.41) is 5.07. The Kier molecular flexibility index (Phi) is 8.44. The molecule has 11 heteroatoms. The number of likely N-dealkylation sites (tertiary alicyclic amines) is 1. The molecule has 38 heavy (non-hydrogen) atoms. The molecule has 210 valence electrons. The third-order valence-corrected chi connectivity index (χ3v) is 7.68. The van der Waals surface area contributed by atoms with Crippen LogP contribution in [0.1, 0.15) is 53.4 Å². The van der Waals surface area contributed by atoms with Gasteiger partial charge >= 0.3 is 6.09 Å². The molecule has 2 atom stereocenters. The predicted molar refractivity (Wildman–Crippen MR) is 140 cm³/mol. The van der Waals surface area contributed by atoms with Crippen LogP contribution in [0.4, 0.5) is 25.0 Å². The SMILES string of the molecule is C[C@H](C1CCN(C(=O)OC(C)(C)C)CC1)N1CCN(c2c(F)cc(NC3CCC(=O)NC3=O)cc2F)CC1. The molecule has 1 aromatic rings. The fourth-order valence-corrected chi connectivity index (χ4v) is 5.53. The van der Waals surface area contributed by atoms with Crippen LogP contribution in [0.25, 0.3) is 0 Å². The van der Waals surface area contributed by atoms with Crippen molar-refractivity contribution in [1.29, 1.82) is 0 Å². The molecule has 9 nitrogen and oxygen atoms in total. The second-order valence-corrected chi connectivity index (χ2v) is 11.5. The molecule has 0 radical (unpaired) electrons. The van der Waals surface area contributed by atoms with E-state index in [1.54, 1.807) is 9.80 Å². The number of nitrogens with zero attached hydrogens (tertiary/aromatic N) is 3. The van der Waals surface area contributed by atoms with Crippen LogP contribution < -0.4 is 15.5 Å². The highest BCUT2D eigenvalue weighted by Gasteiger charge is 2.33. The van der Waals surface area contributed by atoms with Gasteiger partial charge in [-0.3, -0.25) is 19.8 Å². The zero-order chi connectivity index (χ0) is 27.6. The quantitative estimate of drug-likeness (QED) is 0.559. The van der Waals surface area contributed by atoms with Gasteiger partial charge in [-0.2, -0.15) is 0 Å². The van der Waals surface area contributed by atoms with Gasteiger partial charge in [0.05, 0.1) is 0 Å². The van der Waals surface area contributed by atoms with Crippen molar-refractivity contribution in [1.82, 2.24) is 15.1 Å². The van der Waals surface area contributed by atoms with E-state index in [1.165, 1.54) is 12.1 Å². The molecule has 0 spiro atoms. The number of amides is 3. The Morgan fingerprint density at radius 2 is 1.63 bits per heavy atom. The zero-order valence-corrected chi connectivity index (χ0v) is 22.7.